The molecule has 2 nitrogen and oxygen atoms in total. The standard InChI is InChI=1S/C18H16O2/c1-15(17-12-6-3-7-13-17)18(19)20-14-8-11-16-9-4-2-5-10-16/h2-13H,1,14H2. The molecule has 0 saturated heterocycles. The van der Waals surface area contributed by atoms with Crippen molar-refractivity contribution < 1.29 is 9.53 Å². The highest BCUT2D eigenvalue weighted by molar-refractivity contribution is 6.15. The molecule has 0 heterocycles. The first-order valence-electron chi connectivity index (χ1n) is 6.40. The average molecular weight is 264 g/mol. The zero-order chi connectivity index (χ0) is 14.2. The first kappa shape index (κ1) is 13.8. The normalized spacial score (nSPS) is 10.4. The van der Waals surface area contributed by atoms with Gasteiger partial charge in [-0.1, -0.05) is 73.3 Å². The summed E-state index contributed by atoms with van der Waals surface area (Å²) in [7, 11) is 0. The fraction of sp³-hybridized carbons (Fsp3) is 0.0556. The largest absolute Gasteiger partial charge is 0.458 e. The van der Waals surface area contributed by atoms with Crippen LogP contribution in [0.15, 0.2) is 73.3 Å². The van der Waals surface area contributed by atoms with E-state index < -0.39 is 5.97 Å². The van der Waals surface area contributed by atoms with Crippen molar-refractivity contribution in [3.05, 3.63) is 84.4 Å². The summed E-state index contributed by atoms with van der Waals surface area (Å²) in [4.78, 5) is 11.8. The van der Waals surface area contributed by atoms with Crippen LogP contribution in [0, 0.1) is 0 Å². The highest BCUT2D eigenvalue weighted by Crippen LogP contribution is 2.13. The third-order valence-corrected chi connectivity index (χ3v) is 2.79. The minimum Gasteiger partial charge on any atom is -0.458 e. The molecule has 20 heavy (non-hydrogen) atoms. The van der Waals surface area contributed by atoms with Gasteiger partial charge in [-0.2, -0.15) is 0 Å². The number of benzene rings is 2. The first-order chi connectivity index (χ1) is 9.77. The van der Waals surface area contributed by atoms with E-state index >= 15 is 0 Å². The van der Waals surface area contributed by atoms with Crippen molar-refractivity contribution in [2.45, 2.75) is 0 Å². The van der Waals surface area contributed by atoms with Crippen LogP contribution in [0.25, 0.3) is 11.6 Å². The van der Waals surface area contributed by atoms with Crippen LogP contribution in [-0.4, -0.2) is 12.6 Å². The number of hydrogen-bond acceptors (Lipinski definition) is 2. The van der Waals surface area contributed by atoms with E-state index in [1.807, 2.05) is 72.8 Å². The van der Waals surface area contributed by atoms with Crippen molar-refractivity contribution in [3.8, 4) is 0 Å². The summed E-state index contributed by atoms with van der Waals surface area (Å²) in [5.41, 5.74) is 2.23. The van der Waals surface area contributed by atoms with Gasteiger partial charge in [0, 0.05) is 0 Å². The molecule has 2 aromatic carbocycles. The lowest BCUT2D eigenvalue weighted by molar-refractivity contribution is -0.135. The second-order valence-corrected chi connectivity index (χ2v) is 4.26. The topological polar surface area (TPSA) is 26.3 Å². The van der Waals surface area contributed by atoms with Gasteiger partial charge in [-0.3, -0.25) is 0 Å². The summed E-state index contributed by atoms with van der Waals surface area (Å²) < 4.78 is 5.15. The Balaban J connectivity index is 1.84. The van der Waals surface area contributed by atoms with Crippen LogP contribution in [0.5, 0.6) is 0 Å². The quantitative estimate of drug-likeness (QED) is 0.603. The van der Waals surface area contributed by atoms with E-state index in [9.17, 15) is 4.79 Å². The summed E-state index contributed by atoms with van der Waals surface area (Å²) in [6.45, 7) is 4.00. The average Bonchev–Trinajstić information content (AvgIpc) is 2.52. The van der Waals surface area contributed by atoms with Crippen molar-refractivity contribution in [1.29, 1.82) is 0 Å². The predicted octanol–water partition coefficient (Wildman–Crippen LogP) is 3.96. The zero-order valence-electron chi connectivity index (χ0n) is 11.2. The van der Waals surface area contributed by atoms with Crippen molar-refractivity contribution >= 4 is 17.6 Å². The Kier molecular flexibility index (Phi) is 4.90. The van der Waals surface area contributed by atoms with Crippen LogP contribution in [0.4, 0.5) is 0 Å². The molecule has 0 amide bonds. The highest BCUT2D eigenvalue weighted by atomic mass is 16.5. The summed E-state index contributed by atoms with van der Waals surface area (Å²) in [5.74, 6) is -0.395. The van der Waals surface area contributed by atoms with Gasteiger partial charge in [0.05, 0.1) is 5.57 Å². The molecule has 0 aliphatic rings. The van der Waals surface area contributed by atoms with Crippen LogP contribution in [-0.2, 0) is 9.53 Å². The van der Waals surface area contributed by atoms with E-state index in [2.05, 4.69) is 6.58 Å². The van der Waals surface area contributed by atoms with E-state index in [0.29, 0.717) is 5.57 Å². The fourth-order valence-corrected chi connectivity index (χ4v) is 1.72. The molecule has 0 aliphatic heterocycles. The third-order valence-electron chi connectivity index (χ3n) is 2.79. The molecule has 0 saturated carbocycles. The van der Waals surface area contributed by atoms with Gasteiger partial charge in [0.1, 0.15) is 6.61 Å². The van der Waals surface area contributed by atoms with Crippen molar-refractivity contribution in [2.75, 3.05) is 6.61 Å². The van der Waals surface area contributed by atoms with Gasteiger partial charge in [-0.05, 0) is 17.2 Å². The lowest BCUT2D eigenvalue weighted by Crippen LogP contribution is -2.06. The fourth-order valence-electron chi connectivity index (χ4n) is 1.72. The molecule has 2 aromatic rings. The van der Waals surface area contributed by atoms with E-state index in [0.717, 1.165) is 11.1 Å². The Morgan fingerprint density at radius 1 is 1.00 bits per heavy atom. The van der Waals surface area contributed by atoms with Crippen LogP contribution < -0.4 is 0 Å². The Hall–Kier alpha value is -2.61. The predicted molar refractivity (Wildman–Crippen MR) is 81.9 cm³/mol. The summed E-state index contributed by atoms with van der Waals surface area (Å²) in [6, 6.07) is 19.2. The second-order valence-electron chi connectivity index (χ2n) is 4.26. The van der Waals surface area contributed by atoms with Gasteiger partial charge >= 0.3 is 5.97 Å². The molecule has 0 N–H and O–H groups in total. The van der Waals surface area contributed by atoms with Crippen LogP contribution >= 0.6 is 0 Å². The molecule has 0 aromatic heterocycles. The van der Waals surface area contributed by atoms with Gasteiger partial charge in [0.25, 0.3) is 0 Å². The Labute approximate surface area is 119 Å². The molecule has 0 unspecified atom stereocenters. The Morgan fingerprint density at radius 3 is 2.25 bits per heavy atom. The van der Waals surface area contributed by atoms with E-state index in [1.165, 1.54) is 0 Å². The maximum absolute atomic E-state index is 11.8. The van der Waals surface area contributed by atoms with E-state index in [-0.39, 0.29) is 6.61 Å². The van der Waals surface area contributed by atoms with Crippen molar-refractivity contribution in [2.24, 2.45) is 0 Å². The molecule has 0 radical (unpaired) electrons. The molecule has 0 atom stereocenters. The number of hydrogen-bond donors (Lipinski definition) is 0. The monoisotopic (exact) mass is 264 g/mol. The molecule has 2 rings (SSSR count). The lowest BCUT2D eigenvalue weighted by Gasteiger charge is -2.05. The Bertz CT molecular complexity index is 598. The van der Waals surface area contributed by atoms with E-state index in [4.69, 9.17) is 4.74 Å². The van der Waals surface area contributed by atoms with Crippen molar-refractivity contribution in [3.63, 3.8) is 0 Å². The SMILES string of the molecule is C=C(C(=O)OCC=Cc1ccccc1)c1ccccc1. The molecule has 0 bridgehead atoms. The van der Waals surface area contributed by atoms with Gasteiger partial charge in [0.15, 0.2) is 0 Å². The second kappa shape index (κ2) is 7.10. The van der Waals surface area contributed by atoms with Crippen molar-refractivity contribution in [1.82, 2.24) is 0 Å². The number of carbonyl (C=O) groups is 1. The van der Waals surface area contributed by atoms with Gasteiger partial charge in [0.2, 0.25) is 0 Å². The minimum atomic E-state index is -0.395. The molecule has 0 aliphatic carbocycles. The summed E-state index contributed by atoms with van der Waals surface area (Å²) >= 11 is 0. The molecular formula is C18H16O2. The molecule has 0 spiro atoms. The molecule has 0 fully saturated rings. The van der Waals surface area contributed by atoms with Crippen LogP contribution in [0.3, 0.4) is 0 Å². The maximum Gasteiger partial charge on any atom is 0.338 e. The van der Waals surface area contributed by atoms with Gasteiger partial charge < -0.3 is 4.74 Å². The minimum absolute atomic E-state index is 0.236. The molecule has 100 valence electrons. The third kappa shape index (κ3) is 3.95. The maximum atomic E-state index is 11.8. The van der Waals surface area contributed by atoms with Gasteiger partial charge in [-0.15, -0.1) is 0 Å². The number of esters is 1. The van der Waals surface area contributed by atoms with E-state index in [1.54, 1.807) is 0 Å². The summed E-state index contributed by atoms with van der Waals surface area (Å²) in [6.07, 6.45) is 3.73. The molecular weight excluding hydrogens is 248 g/mol. The number of carbonyl (C=O) groups excluding carboxylic acids is 1. The molecule has 2 heteroatoms. The Morgan fingerprint density at radius 2 is 1.60 bits per heavy atom. The number of rotatable bonds is 5. The van der Waals surface area contributed by atoms with Crippen LogP contribution in [0.1, 0.15) is 11.1 Å². The first-order valence-corrected chi connectivity index (χ1v) is 6.40. The van der Waals surface area contributed by atoms with Crippen LogP contribution in [0.2, 0.25) is 0 Å². The highest BCUT2D eigenvalue weighted by Gasteiger charge is 2.09. The lowest BCUT2D eigenvalue weighted by atomic mass is 10.1. The number of ether oxygens (including phenoxy) is 1. The van der Waals surface area contributed by atoms with Gasteiger partial charge in [-0.25, -0.2) is 4.79 Å². The summed E-state index contributed by atoms with van der Waals surface area (Å²) in [5, 5.41) is 0. The zero-order valence-corrected chi connectivity index (χ0v) is 11.2. The smallest absolute Gasteiger partial charge is 0.338 e.